The van der Waals surface area contributed by atoms with Gasteiger partial charge in [0.2, 0.25) is 0 Å². The summed E-state index contributed by atoms with van der Waals surface area (Å²) < 4.78 is 5.36. The van der Waals surface area contributed by atoms with E-state index in [1.165, 1.54) is 16.8 Å². The lowest BCUT2D eigenvalue weighted by Gasteiger charge is -2.29. The van der Waals surface area contributed by atoms with Crippen LogP contribution in [0.5, 0.6) is 0 Å². The molecule has 2 N–H and O–H groups in total. The maximum atomic E-state index is 5.58. The van der Waals surface area contributed by atoms with Crippen molar-refractivity contribution in [3.8, 4) is 0 Å². The lowest BCUT2D eigenvalue weighted by atomic mass is 10.0. The molecule has 1 aromatic carbocycles. The molecule has 1 aliphatic heterocycles. The summed E-state index contributed by atoms with van der Waals surface area (Å²) in [5, 5.41) is 0. The molecule has 1 fully saturated rings. The number of hydrogen-bond acceptors (Lipinski definition) is 3. The predicted molar refractivity (Wildman–Crippen MR) is 67.0 cm³/mol. The number of hydrogen-bond donors (Lipinski definition) is 1. The minimum Gasteiger partial charge on any atom is -0.378 e. The second-order valence-electron chi connectivity index (χ2n) is 4.25. The van der Waals surface area contributed by atoms with Crippen LogP contribution in [0.2, 0.25) is 0 Å². The first-order valence-corrected chi connectivity index (χ1v) is 5.93. The molecule has 0 atom stereocenters. The molecule has 0 aliphatic carbocycles. The Balaban J connectivity index is 2.13. The molecule has 0 aromatic heterocycles. The van der Waals surface area contributed by atoms with E-state index in [1.807, 2.05) is 0 Å². The van der Waals surface area contributed by atoms with Crippen molar-refractivity contribution in [3.63, 3.8) is 0 Å². The fourth-order valence-electron chi connectivity index (χ4n) is 2.13. The molecule has 1 heterocycles. The largest absolute Gasteiger partial charge is 0.378 e. The number of aryl methyl sites for hydroxylation is 1. The van der Waals surface area contributed by atoms with Crippen molar-refractivity contribution in [2.75, 3.05) is 37.7 Å². The highest BCUT2D eigenvalue weighted by Gasteiger charge is 2.11. The van der Waals surface area contributed by atoms with E-state index in [2.05, 4.69) is 30.0 Å². The van der Waals surface area contributed by atoms with Gasteiger partial charge in [-0.05, 0) is 43.1 Å². The van der Waals surface area contributed by atoms with Gasteiger partial charge in [0.15, 0.2) is 0 Å². The average molecular weight is 220 g/mol. The van der Waals surface area contributed by atoms with Crippen LogP contribution in [0.15, 0.2) is 18.2 Å². The first-order valence-electron chi connectivity index (χ1n) is 5.93. The van der Waals surface area contributed by atoms with Gasteiger partial charge in [0.1, 0.15) is 0 Å². The molecular formula is C13H20N2O. The van der Waals surface area contributed by atoms with E-state index in [1.54, 1.807) is 0 Å². The molecule has 0 amide bonds. The third-order valence-electron chi connectivity index (χ3n) is 3.12. The minimum absolute atomic E-state index is 0.720. The van der Waals surface area contributed by atoms with Gasteiger partial charge in [-0.2, -0.15) is 0 Å². The molecule has 1 aliphatic rings. The number of nitrogens with two attached hydrogens (primary N) is 1. The summed E-state index contributed by atoms with van der Waals surface area (Å²) in [6.45, 7) is 6.55. The first-order chi connectivity index (χ1) is 7.81. The average Bonchev–Trinajstić information content (AvgIpc) is 2.33. The smallest absolute Gasteiger partial charge is 0.0642 e. The Morgan fingerprint density at radius 3 is 2.69 bits per heavy atom. The maximum Gasteiger partial charge on any atom is 0.0642 e. The van der Waals surface area contributed by atoms with Gasteiger partial charge in [-0.3, -0.25) is 0 Å². The number of benzene rings is 1. The van der Waals surface area contributed by atoms with Crippen molar-refractivity contribution in [2.24, 2.45) is 5.73 Å². The highest BCUT2D eigenvalue weighted by atomic mass is 16.5. The SMILES string of the molecule is Cc1cc(N2CCOCC2)ccc1CCN. The Bertz CT molecular complexity index is 346. The molecule has 0 saturated carbocycles. The van der Waals surface area contributed by atoms with Gasteiger partial charge in [0.25, 0.3) is 0 Å². The Kier molecular flexibility index (Phi) is 3.80. The van der Waals surface area contributed by atoms with Gasteiger partial charge in [-0.1, -0.05) is 6.07 Å². The summed E-state index contributed by atoms with van der Waals surface area (Å²) in [7, 11) is 0. The fourth-order valence-corrected chi connectivity index (χ4v) is 2.13. The molecule has 3 heteroatoms. The van der Waals surface area contributed by atoms with Gasteiger partial charge in [-0.25, -0.2) is 0 Å². The lowest BCUT2D eigenvalue weighted by Crippen LogP contribution is -2.36. The zero-order valence-corrected chi connectivity index (χ0v) is 9.91. The molecule has 1 saturated heterocycles. The van der Waals surface area contributed by atoms with Crippen LogP contribution in [0.1, 0.15) is 11.1 Å². The molecule has 0 radical (unpaired) electrons. The summed E-state index contributed by atoms with van der Waals surface area (Å²) in [6.07, 6.45) is 0.967. The van der Waals surface area contributed by atoms with Crippen molar-refractivity contribution >= 4 is 5.69 Å². The molecule has 0 bridgehead atoms. The Morgan fingerprint density at radius 2 is 2.06 bits per heavy atom. The molecule has 3 nitrogen and oxygen atoms in total. The van der Waals surface area contributed by atoms with Crippen molar-refractivity contribution in [1.29, 1.82) is 0 Å². The predicted octanol–water partition coefficient (Wildman–Crippen LogP) is 1.33. The standard InChI is InChI=1S/C13H20N2O/c1-11-10-13(3-2-12(11)4-5-14)15-6-8-16-9-7-15/h2-3,10H,4-9,14H2,1H3. The number of rotatable bonds is 3. The summed E-state index contributed by atoms with van der Waals surface area (Å²) in [6, 6.07) is 6.66. The van der Waals surface area contributed by atoms with E-state index in [-0.39, 0.29) is 0 Å². The van der Waals surface area contributed by atoms with E-state index in [4.69, 9.17) is 10.5 Å². The van der Waals surface area contributed by atoms with E-state index in [0.717, 1.165) is 39.3 Å². The van der Waals surface area contributed by atoms with E-state index in [9.17, 15) is 0 Å². The van der Waals surface area contributed by atoms with Crippen LogP contribution in [-0.2, 0) is 11.2 Å². The molecule has 16 heavy (non-hydrogen) atoms. The van der Waals surface area contributed by atoms with Crippen LogP contribution in [0.3, 0.4) is 0 Å². The normalized spacial score (nSPS) is 16.5. The fraction of sp³-hybridized carbons (Fsp3) is 0.538. The van der Waals surface area contributed by atoms with Crippen LogP contribution in [0.25, 0.3) is 0 Å². The van der Waals surface area contributed by atoms with Gasteiger partial charge in [-0.15, -0.1) is 0 Å². The van der Waals surface area contributed by atoms with Crippen molar-refractivity contribution < 1.29 is 4.74 Å². The highest BCUT2D eigenvalue weighted by molar-refractivity contribution is 5.51. The van der Waals surface area contributed by atoms with Crippen molar-refractivity contribution in [3.05, 3.63) is 29.3 Å². The molecular weight excluding hydrogens is 200 g/mol. The number of morpholine rings is 1. The monoisotopic (exact) mass is 220 g/mol. The Morgan fingerprint density at radius 1 is 1.31 bits per heavy atom. The third kappa shape index (κ3) is 2.54. The van der Waals surface area contributed by atoms with Crippen LogP contribution in [0, 0.1) is 6.92 Å². The van der Waals surface area contributed by atoms with Crippen LogP contribution >= 0.6 is 0 Å². The molecule has 0 unspecified atom stereocenters. The molecule has 0 spiro atoms. The van der Waals surface area contributed by atoms with Crippen molar-refractivity contribution in [2.45, 2.75) is 13.3 Å². The van der Waals surface area contributed by atoms with E-state index >= 15 is 0 Å². The van der Waals surface area contributed by atoms with Crippen LogP contribution < -0.4 is 10.6 Å². The summed E-state index contributed by atoms with van der Waals surface area (Å²) in [4.78, 5) is 2.38. The maximum absolute atomic E-state index is 5.58. The number of nitrogens with zero attached hydrogens (tertiary/aromatic N) is 1. The zero-order chi connectivity index (χ0) is 11.4. The zero-order valence-electron chi connectivity index (χ0n) is 9.91. The minimum atomic E-state index is 0.720. The van der Waals surface area contributed by atoms with Gasteiger partial charge >= 0.3 is 0 Å². The van der Waals surface area contributed by atoms with Crippen LogP contribution in [0.4, 0.5) is 5.69 Å². The van der Waals surface area contributed by atoms with E-state index < -0.39 is 0 Å². The topological polar surface area (TPSA) is 38.5 Å². The molecule has 2 rings (SSSR count). The molecule has 1 aromatic rings. The van der Waals surface area contributed by atoms with E-state index in [0.29, 0.717) is 0 Å². The second-order valence-corrected chi connectivity index (χ2v) is 4.25. The summed E-state index contributed by atoms with van der Waals surface area (Å²) in [5.41, 5.74) is 9.59. The Hall–Kier alpha value is -1.06. The van der Waals surface area contributed by atoms with Gasteiger partial charge in [0, 0.05) is 18.8 Å². The quantitative estimate of drug-likeness (QED) is 0.835. The third-order valence-corrected chi connectivity index (χ3v) is 3.12. The van der Waals surface area contributed by atoms with Crippen LogP contribution in [-0.4, -0.2) is 32.8 Å². The summed E-state index contributed by atoms with van der Waals surface area (Å²) >= 11 is 0. The highest BCUT2D eigenvalue weighted by Crippen LogP contribution is 2.20. The molecule has 88 valence electrons. The Labute approximate surface area is 97.2 Å². The van der Waals surface area contributed by atoms with Gasteiger partial charge in [0.05, 0.1) is 13.2 Å². The first kappa shape index (κ1) is 11.4. The van der Waals surface area contributed by atoms with Gasteiger partial charge < -0.3 is 15.4 Å². The number of ether oxygens (including phenoxy) is 1. The number of anilines is 1. The van der Waals surface area contributed by atoms with Crippen molar-refractivity contribution in [1.82, 2.24) is 0 Å². The second kappa shape index (κ2) is 5.32. The lowest BCUT2D eigenvalue weighted by molar-refractivity contribution is 0.122. The summed E-state index contributed by atoms with van der Waals surface area (Å²) in [5.74, 6) is 0.